The van der Waals surface area contributed by atoms with E-state index in [1.807, 2.05) is 24.3 Å². The molecule has 6 heteroatoms. The first-order chi connectivity index (χ1) is 11.7. The van der Waals surface area contributed by atoms with Gasteiger partial charge in [0.05, 0.1) is 12.3 Å². The van der Waals surface area contributed by atoms with Crippen LogP contribution in [0.4, 0.5) is 4.39 Å². The zero-order valence-corrected chi connectivity index (χ0v) is 13.1. The minimum absolute atomic E-state index is 0.310. The lowest BCUT2D eigenvalue weighted by Crippen LogP contribution is -2.41. The van der Waals surface area contributed by atoms with E-state index in [0.29, 0.717) is 31.8 Å². The second-order valence-corrected chi connectivity index (χ2v) is 6.05. The van der Waals surface area contributed by atoms with E-state index in [0.717, 1.165) is 17.0 Å². The molecule has 24 heavy (non-hydrogen) atoms. The Balaban J connectivity index is 1.48. The molecule has 2 N–H and O–H groups in total. The van der Waals surface area contributed by atoms with Crippen LogP contribution in [0.25, 0.3) is 5.65 Å². The number of aliphatic hydroxyl groups is 1. The van der Waals surface area contributed by atoms with Crippen LogP contribution in [-0.4, -0.2) is 27.6 Å². The molecule has 0 radical (unpaired) electrons. The molecule has 124 valence electrons. The number of rotatable bonds is 4. The van der Waals surface area contributed by atoms with Crippen LogP contribution < -0.4 is 10.1 Å². The van der Waals surface area contributed by atoms with Crippen molar-refractivity contribution in [2.45, 2.75) is 18.6 Å². The molecule has 1 aliphatic heterocycles. The van der Waals surface area contributed by atoms with Gasteiger partial charge in [-0.25, -0.2) is 9.37 Å². The minimum Gasteiger partial charge on any atom is -0.493 e. The monoisotopic (exact) mass is 327 g/mol. The molecule has 0 fully saturated rings. The van der Waals surface area contributed by atoms with E-state index in [2.05, 4.69) is 10.3 Å². The first kappa shape index (κ1) is 15.1. The van der Waals surface area contributed by atoms with Crippen molar-refractivity contribution in [3.63, 3.8) is 0 Å². The van der Waals surface area contributed by atoms with Gasteiger partial charge in [-0.3, -0.25) is 0 Å². The van der Waals surface area contributed by atoms with Crippen LogP contribution in [0.2, 0.25) is 0 Å². The third kappa shape index (κ3) is 2.64. The van der Waals surface area contributed by atoms with Gasteiger partial charge in [0.2, 0.25) is 0 Å². The maximum Gasteiger partial charge on any atom is 0.173 e. The molecule has 0 saturated heterocycles. The maximum atomic E-state index is 13.7. The Morgan fingerprint density at radius 3 is 3.04 bits per heavy atom. The van der Waals surface area contributed by atoms with Gasteiger partial charge in [0.25, 0.3) is 0 Å². The molecule has 1 atom stereocenters. The number of nitrogens with zero attached hydrogens (tertiary/aromatic N) is 2. The number of imidazole rings is 1. The van der Waals surface area contributed by atoms with Crippen molar-refractivity contribution < 1.29 is 14.2 Å². The number of aromatic nitrogens is 2. The normalized spacial score (nSPS) is 19.9. The number of halogens is 1. The SMILES string of the molecule is OC1(CNCc2cn3cccc(F)c3n2)CCOc2ccccc21. The van der Waals surface area contributed by atoms with Crippen molar-refractivity contribution in [1.82, 2.24) is 14.7 Å². The number of pyridine rings is 1. The number of nitrogens with one attached hydrogen (secondary N) is 1. The van der Waals surface area contributed by atoms with Crippen molar-refractivity contribution in [2.75, 3.05) is 13.2 Å². The van der Waals surface area contributed by atoms with Crippen LogP contribution in [0.15, 0.2) is 48.8 Å². The highest BCUT2D eigenvalue weighted by Gasteiger charge is 2.35. The van der Waals surface area contributed by atoms with Gasteiger partial charge >= 0.3 is 0 Å². The topological polar surface area (TPSA) is 58.8 Å². The lowest BCUT2D eigenvalue weighted by Gasteiger charge is -2.34. The summed E-state index contributed by atoms with van der Waals surface area (Å²) in [7, 11) is 0. The Kier molecular flexibility index (Phi) is 3.70. The molecule has 5 nitrogen and oxygen atoms in total. The molecular weight excluding hydrogens is 309 g/mol. The summed E-state index contributed by atoms with van der Waals surface area (Å²) in [5.74, 6) is 0.378. The fraction of sp³-hybridized carbons (Fsp3) is 0.278. The van der Waals surface area contributed by atoms with Gasteiger partial charge in [0.1, 0.15) is 11.4 Å². The lowest BCUT2D eigenvalue weighted by atomic mass is 9.88. The largest absolute Gasteiger partial charge is 0.493 e. The van der Waals surface area contributed by atoms with Crippen LogP contribution in [0.1, 0.15) is 17.7 Å². The van der Waals surface area contributed by atoms with E-state index in [9.17, 15) is 9.50 Å². The van der Waals surface area contributed by atoms with Crippen molar-refractivity contribution in [1.29, 1.82) is 0 Å². The fourth-order valence-corrected chi connectivity index (χ4v) is 3.14. The molecule has 3 aromatic rings. The third-order valence-corrected chi connectivity index (χ3v) is 4.37. The van der Waals surface area contributed by atoms with Gasteiger partial charge in [0.15, 0.2) is 11.5 Å². The fourth-order valence-electron chi connectivity index (χ4n) is 3.14. The molecule has 2 aromatic heterocycles. The molecule has 0 amide bonds. The first-order valence-corrected chi connectivity index (χ1v) is 7.93. The van der Waals surface area contributed by atoms with Crippen molar-refractivity contribution in [3.05, 3.63) is 65.9 Å². The standard InChI is InChI=1S/C18H18FN3O2/c19-15-5-3-8-22-11-13(21-17(15)22)10-20-12-18(23)7-9-24-16-6-2-1-4-14(16)18/h1-6,8,11,20,23H,7,9-10,12H2. The number of para-hydroxylation sites is 1. The van der Waals surface area contributed by atoms with Gasteiger partial charge in [-0.1, -0.05) is 18.2 Å². The van der Waals surface area contributed by atoms with Crippen LogP contribution in [0.3, 0.4) is 0 Å². The Morgan fingerprint density at radius 2 is 2.17 bits per heavy atom. The summed E-state index contributed by atoms with van der Waals surface area (Å²) >= 11 is 0. The highest BCUT2D eigenvalue weighted by atomic mass is 19.1. The molecule has 0 spiro atoms. The molecule has 3 heterocycles. The Morgan fingerprint density at radius 1 is 1.29 bits per heavy atom. The minimum atomic E-state index is -0.973. The summed E-state index contributed by atoms with van der Waals surface area (Å²) in [4.78, 5) is 4.28. The maximum absolute atomic E-state index is 13.7. The lowest BCUT2D eigenvalue weighted by molar-refractivity contribution is -0.00242. The quantitative estimate of drug-likeness (QED) is 0.771. The molecule has 0 aliphatic carbocycles. The summed E-state index contributed by atoms with van der Waals surface area (Å²) in [5.41, 5.74) is 0.859. The van der Waals surface area contributed by atoms with Crippen molar-refractivity contribution in [3.8, 4) is 5.75 Å². The predicted octanol–water partition coefficient (Wildman–Crippen LogP) is 2.23. The van der Waals surface area contributed by atoms with Gasteiger partial charge < -0.3 is 19.6 Å². The number of ether oxygens (including phenoxy) is 1. The van der Waals surface area contributed by atoms with Crippen LogP contribution in [-0.2, 0) is 12.1 Å². The summed E-state index contributed by atoms with van der Waals surface area (Å²) in [6.07, 6.45) is 4.07. The van der Waals surface area contributed by atoms with E-state index < -0.39 is 5.60 Å². The second kappa shape index (κ2) is 5.89. The number of hydrogen-bond acceptors (Lipinski definition) is 4. The summed E-state index contributed by atoms with van der Waals surface area (Å²) in [5, 5.41) is 14.2. The number of hydrogen-bond donors (Lipinski definition) is 2. The number of fused-ring (bicyclic) bond motifs is 2. The summed E-state index contributed by atoms with van der Waals surface area (Å²) < 4.78 is 20.9. The highest BCUT2D eigenvalue weighted by Crippen LogP contribution is 2.36. The smallest absolute Gasteiger partial charge is 0.173 e. The number of benzene rings is 1. The van der Waals surface area contributed by atoms with Gasteiger partial charge in [-0.2, -0.15) is 0 Å². The average molecular weight is 327 g/mol. The highest BCUT2D eigenvalue weighted by molar-refractivity contribution is 5.42. The van der Waals surface area contributed by atoms with Gasteiger partial charge in [0, 0.05) is 37.5 Å². The van der Waals surface area contributed by atoms with Gasteiger partial charge in [-0.05, 0) is 18.2 Å². The first-order valence-electron chi connectivity index (χ1n) is 7.93. The van der Waals surface area contributed by atoms with E-state index in [1.165, 1.54) is 6.07 Å². The van der Waals surface area contributed by atoms with E-state index in [-0.39, 0.29) is 5.82 Å². The molecule has 1 unspecified atom stereocenters. The third-order valence-electron chi connectivity index (χ3n) is 4.37. The average Bonchev–Trinajstić information content (AvgIpc) is 3.00. The molecule has 0 bridgehead atoms. The Bertz CT molecular complexity index is 880. The van der Waals surface area contributed by atoms with Gasteiger partial charge in [-0.15, -0.1) is 0 Å². The van der Waals surface area contributed by atoms with Crippen molar-refractivity contribution >= 4 is 5.65 Å². The summed E-state index contributed by atoms with van der Waals surface area (Å²) in [6.45, 7) is 1.31. The molecule has 4 rings (SSSR count). The Hall–Kier alpha value is -2.44. The second-order valence-electron chi connectivity index (χ2n) is 6.05. The molecule has 1 aromatic carbocycles. The predicted molar refractivity (Wildman–Crippen MR) is 87.3 cm³/mol. The summed E-state index contributed by atoms with van der Waals surface area (Å²) in [6, 6.07) is 10.6. The molecule has 0 saturated carbocycles. The van der Waals surface area contributed by atoms with E-state index >= 15 is 0 Å². The van der Waals surface area contributed by atoms with E-state index in [1.54, 1.807) is 22.9 Å². The molecule has 1 aliphatic rings. The Labute approximate surface area is 138 Å². The zero-order chi connectivity index (χ0) is 16.6. The zero-order valence-electron chi connectivity index (χ0n) is 13.1. The van der Waals surface area contributed by atoms with Crippen LogP contribution in [0, 0.1) is 5.82 Å². The van der Waals surface area contributed by atoms with Crippen LogP contribution >= 0.6 is 0 Å². The van der Waals surface area contributed by atoms with Crippen molar-refractivity contribution in [2.24, 2.45) is 0 Å². The van der Waals surface area contributed by atoms with E-state index in [4.69, 9.17) is 4.74 Å². The van der Waals surface area contributed by atoms with Crippen LogP contribution in [0.5, 0.6) is 5.75 Å². The molecular formula is C18H18FN3O2.